The average Bonchev–Trinajstić information content (AvgIpc) is 2.18. The first-order valence-electron chi connectivity index (χ1n) is 4.06. The molecule has 0 saturated heterocycles. The van der Waals surface area contributed by atoms with Crippen LogP contribution >= 0.6 is 0 Å². The third-order valence-corrected chi connectivity index (χ3v) is 1.57. The Morgan fingerprint density at radius 1 is 1.64 bits per heavy atom. The van der Waals surface area contributed by atoms with Gasteiger partial charge in [-0.3, -0.25) is 0 Å². The fourth-order valence-corrected chi connectivity index (χ4v) is 0.912. The van der Waals surface area contributed by atoms with Gasteiger partial charge in [0.25, 0.3) is 0 Å². The molecule has 0 atom stereocenters. The topological polar surface area (TPSA) is 52.1 Å². The van der Waals surface area contributed by atoms with E-state index in [9.17, 15) is 4.79 Å². The summed E-state index contributed by atoms with van der Waals surface area (Å²) in [4.78, 5) is 19.3. The Morgan fingerprint density at radius 2 is 2.36 bits per heavy atom. The molecule has 0 radical (unpaired) electrons. The van der Waals surface area contributed by atoms with E-state index in [0.29, 0.717) is 11.4 Å². The van der Waals surface area contributed by atoms with E-state index in [0.717, 1.165) is 0 Å². The van der Waals surface area contributed by atoms with Crippen molar-refractivity contribution in [3.05, 3.63) is 23.3 Å². The van der Waals surface area contributed by atoms with Gasteiger partial charge in [-0.05, 0) is 13.8 Å². The molecule has 0 aliphatic carbocycles. The number of carbonyl (C=O) groups excluding carboxylic acids is 1. The van der Waals surface area contributed by atoms with E-state index in [2.05, 4.69) is 15.9 Å². The van der Waals surface area contributed by atoms with Gasteiger partial charge in [0.1, 0.15) is 5.82 Å². The van der Waals surface area contributed by atoms with Crippen LogP contribution in [0.5, 0.6) is 0 Å². The van der Waals surface area contributed by atoms with Crippen LogP contribution in [-0.4, -0.2) is 22.5 Å². The van der Waals surface area contributed by atoms with Gasteiger partial charge in [0.2, 0.25) is 0 Å². The van der Waals surface area contributed by atoms with Crippen molar-refractivity contribution in [2.45, 2.75) is 13.8 Å². The Balaban J connectivity index is 2.90. The van der Waals surface area contributed by atoms with Gasteiger partial charge in [-0.15, -0.1) is 6.42 Å². The highest BCUT2D eigenvalue weighted by Crippen LogP contribution is 2.04. The molecule has 0 saturated carbocycles. The van der Waals surface area contributed by atoms with E-state index in [1.807, 2.05) is 0 Å². The molecule has 0 fully saturated rings. The maximum absolute atomic E-state index is 11.4. The van der Waals surface area contributed by atoms with Crippen molar-refractivity contribution >= 4 is 5.97 Å². The summed E-state index contributed by atoms with van der Waals surface area (Å²) in [6, 6.07) is 0. The Morgan fingerprint density at radius 3 is 3.00 bits per heavy atom. The third-order valence-electron chi connectivity index (χ3n) is 1.57. The first-order valence-corrected chi connectivity index (χ1v) is 4.06. The largest absolute Gasteiger partial charge is 0.448 e. The zero-order valence-electron chi connectivity index (χ0n) is 8.07. The molecule has 72 valence electrons. The number of hydrogen-bond acceptors (Lipinski definition) is 4. The summed E-state index contributed by atoms with van der Waals surface area (Å²) >= 11 is 0. The molecule has 1 heterocycles. The first kappa shape index (κ1) is 10.2. The van der Waals surface area contributed by atoms with E-state index in [4.69, 9.17) is 11.2 Å². The minimum Gasteiger partial charge on any atom is -0.448 e. The van der Waals surface area contributed by atoms with Gasteiger partial charge in [0.05, 0.1) is 0 Å². The summed E-state index contributed by atoms with van der Waals surface area (Å²) in [6.45, 7) is 3.41. The number of rotatable bonds is 2. The number of hydrogen-bond donors (Lipinski definition) is 0. The number of ether oxygens (including phenoxy) is 1. The van der Waals surface area contributed by atoms with Crippen molar-refractivity contribution in [1.29, 1.82) is 0 Å². The van der Waals surface area contributed by atoms with Crippen molar-refractivity contribution in [2.24, 2.45) is 0 Å². The van der Waals surface area contributed by atoms with Gasteiger partial charge in [-0.1, -0.05) is 5.92 Å². The summed E-state index contributed by atoms with van der Waals surface area (Å²) in [7, 11) is 0. The van der Waals surface area contributed by atoms with Gasteiger partial charge >= 0.3 is 5.97 Å². The molecular formula is C10H10N2O2. The van der Waals surface area contributed by atoms with Crippen LogP contribution in [0.3, 0.4) is 0 Å². The molecule has 1 aromatic rings. The molecule has 4 heteroatoms. The molecule has 14 heavy (non-hydrogen) atoms. The van der Waals surface area contributed by atoms with E-state index >= 15 is 0 Å². The quantitative estimate of drug-likeness (QED) is 0.513. The second-order valence-electron chi connectivity index (χ2n) is 2.73. The van der Waals surface area contributed by atoms with Crippen molar-refractivity contribution in [3.8, 4) is 12.3 Å². The molecule has 0 aromatic carbocycles. The number of carbonyl (C=O) groups is 1. The molecule has 4 nitrogen and oxygen atoms in total. The van der Waals surface area contributed by atoms with Gasteiger partial charge < -0.3 is 4.74 Å². The van der Waals surface area contributed by atoms with E-state index in [1.54, 1.807) is 20.0 Å². The van der Waals surface area contributed by atoms with Crippen LogP contribution < -0.4 is 0 Å². The number of nitrogens with zero attached hydrogens (tertiary/aromatic N) is 2. The lowest BCUT2D eigenvalue weighted by Crippen LogP contribution is -2.11. The lowest BCUT2D eigenvalue weighted by atomic mass is 10.2. The fraction of sp³-hybridized carbons (Fsp3) is 0.300. The minimum atomic E-state index is -0.508. The van der Waals surface area contributed by atoms with Crippen LogP contribution in [0.15, 0.2) is 6.20 Å². The molecule has 1 aromatic heterocycles. The predicted octanol–water partition coefficient (Wildman–Crippen LogP) is 0.883. The molecule has 0 aliphatic rings. The Kier molecular flexibility index (Phi) is 3.19. The van der Waals surface area contributed by atoms with Crippen molar-refractivity contribution in [3.63, 3.8) is 0 Å². The van der Waals surface area contributed by atoms with E-state index in [-0.39, 0.29) is 12.3 Å². The normalized spacial score (nSPS) is 9.21. The second-order valence-corrected chi connectivity index (χ2v) is 2.73. The van der Waals surface area contributed by atoms with Gasteiger partial charge in [-0.2, -0.15) is 0 Å². The lowest BCUT2D eigenvalue weighted by molar-refractivity contribution is 0.0548. The molecule has 0 bridgehead atoms. The molecular weight excluding hydrogens is 180 g/mol. The summed E-state index contributed by atoms with van der Waals surface area (Å²) in [6.07, 6.45) is 6.54. The Hall–Kier alpha value is -1.89. The Bertz CT molecular complexity index is 394. The zero-order valence-corrected chi connectivity index (χ0v) is 8.07. The third kappa shape index (κ3) is 2.30. The van der Waals surface area contributed by atoms with Gasteiger partial charge in [0.15, 0.2) is 12.3 Å². The number of esters is 1. The monoisotopic (exact) mass is 190 g/mol. The molecule has 0 unspecified atom stereocenters. The van der Waals surface area contributed by atoms with Crippen LogP contribution in [0.1, 0.15) is 21.9 Å². The molecule has 0 amide bonds. The van der Waals surface area contributed by atoms with Crippen LogP contribution in [-0.2, 0) is 4.74 Å². The highest BCUT2D eigenvalue weighted by atomic mass is 16.5. The minimum absolute atomic E-state index is 0.0404. The SMILES string of the molecule is C#CCOC(=O)c1nc(C)ncc1C. The average molecular weight is 190 g/mol. The Labute approximate surface area is 82.3 Å². The van der Waals surface area contributed by atoms with Crippen LogP contribution in [0.2, 0.25) is 0 Å². The van der Waals surface area contributed by atoms with Crippen molar-refractivity contribution in [2.75, 3.05) is 6.61 Å². The van der Waals surface area contributed by atoms with Gasteiger partial charge in [-0.25, -0.2) is 14.8 Å². The molecule has 0 spiro atoms. The summed E-state index contributed by atoms with van der Waals surface area (Å²) in [5.41, 5.74) is 0.949. The van der Waals surface area contributed by atoms with Crippen LogP contribution in [0.4, 0.5) is 0 Å². The second kappa shape index (κ2) is 4.38. The number of aromatic nitrogens is 2. The molecule has 0 aliphatic heterocycles. The number of terminal acetylenes is 1. The predicted molar refractivity (Wildman–Crippen MR) is 50.6 cm³/mol. The highest BCUT2D eigenvalue weighted by Gasteiger charge is 2.12. The fourth-order valence-electron chi connectivity index (χ4n) is 0.912. The van der Waals surface area contributed by atoms with Crippen LogP contribution in [0.25, 0.3) is 0 Å². The summed E-state index contributed by atoms with van der Waals surface area (Å²) in [5, 5.41) is 0. The molecule has 0 N–H and O–H groups in total. The maximum Gasteiger partial charge on any atom is 0.358 e. The highest BCUT2D eigenvalue weighted by molar-refractivity contribution is 5.88. The van der Waals surface area contributed by atoms with Crippen molar-refractivity contribution < 1.29 is 9.53 Å². The lowest BCUT2D eigenvalue weighted by Gasteiger charge is -2.03. The van der Waals surface area contributed by atoms with E-state index < -0.39 is 5.97 Å². The number of aryl methyl sites for hydroxylation is 2. The van der Waals surface area contributed by atoms with E-state index in [1.165, 1.54) is 0 Å². The standard InChI is InChI=1S/C10H10N2O2/c1-4-5-14-10(13)9-7(2)6-11-8(3)12-9/h1,6H,5H2,2-3H3. The smallest absolute Gasteiger partial charge is 0.358 e. The maximum atomic E-state index is 11.4. The van der Waals surface area contributed by atoms with Crippen molar-refractivity contribution in [1.82, 2.24) is 9.97 Å². The van der Waals surface area contributed by atoms with Gasteiger partial charge in [0, 0.05) is 11.8 Å². The molecule has 1 rings (SSSR count). The summed E-state index contributed by atoms with van der Waals surface area (Å²) < 4.78 is 4.75. The summed E-state index contributed by atoms with van der Waals surface area (Å²) in [5.74, 6) is 2.24. The first-order chi connectivity index (χ1) is 6.65. The zero-order chi connectivity index (χ0) is 10.6. The van der Waals surface area contributed by atoms with Crippen LogP contribution in [0, 0.1) is 26.2 Å².